The van der Waals surface area contributed by atoms with Gasteiger partial charge in [-0.3, -0.25) is 9.51 Å². The number of hydrogen-bond acceptors (Lipinski definition) is 9. The maximum atomic E-state index is 11.8. The van der Waals surface area contributed by atoms with Crippen molar-refractivity contribution in [3.8, 4) is 11.6 Å². The minimum Gasteiger partial charge on any atom is -0.365 e. The van der Waals surface area contributed by atoms with Crippen molar-refractivity contribution in [1.29, 1.82) is 0 Å². The topological polar surface area (TPSA) is 127 Å². The smallest absolute Gasteiger partial charge is 0.365 e. The van der Waals surface area contributed by atoms with E-state index in [1.807, 2.05) is 0 Å². The van der Waals surface area contributed by atoms with E-state index in [1.54, 1.807) is 11.3 Å². The SMILES string of the molecule is Cc1nc(C2(c3nc4nc(-c5noc(=O)[nH]5)nc(N[C@H](C)C5CCC5)c4n3CC3CCC(C)CC3)CC2)c(C)s1. The lowest BCUT2D eigenvalue weighted by atomic mass is 9.80. The highest BCUT2D eigenvalue weighted by molar-refractivity contribution is 7.11. The van der Waals surface area contributed by atoms with Crippen LogP contribution in [-0.4, -0.2) is 40.7 Å². The van der Waals surface area contributed by atoms with E-state index in [0.717, 1.165) is 53.2 Å². The number of nitrogens with zero attached hydrogens (tertiary/aromatic N) is 6. The maximum absolute atomic E-state index is 11.8. The van der Waals surface area contributed by atoms with E-state index in [4.69, 9.17) is 24.5 Å². The second kappa shape index (κ2) is 9.78. The highest BCUT2D eigenvalue weighted by Gasteiger charge is 2.53. The van der Waals surface area contributed by atoms with Crippen molar-refractivity contribution in [2.45, 2.75) is 103 Å². The Balaban J connectivity index is 1.41. The molecule has 0 aromatic carbocycles. The van der Waals surface area contributed by atoms with Gasteiger partial charge in [-0.15, -0.1) is 11.3 Å². The van der Waals surface area contributed by atoms with Crippen LogP contribution in [0.1, 0.15) is 93.0 Å². The number of aryl methyl sites for hydroxylation is 2. The molecular formula is C29H38N8O2S. The molecule has 0 unspecified atom stereocenters. The summed E-state index contributed by atoms with van der Waals surface area (Å²) in [6.45, 7) is 9.78. The summed E-state index contributed by atoms with van der Waals surface area (Å²) in [5.74, 6) is 3.71. The minimum atomic E-state index is -0.625. The third-order valence-corrected chi connectivity index (χ3v) is 10.5. The summed E-state index contributed by atoms with van der Waals surface area (Å²) in [4.78, 5) is 35.8. The molecule has 2 N–H and O–H groups in total. The van der Waals surface area contributed by atoms with Gasteiger partial charge in [-0.2, -0.15) is 0 Å². The number of fused-ring (bicyclic) bond motifs is 1. The van der Waals surface area contributed by atoms with Gasteiger partial charge < -0.3 is 9.88 Å². The third kappa shape index (κ3) is 4.46. The van der Waals surface area contributed by atoms with E-state index < -0.39 is 5.76 Å². The molecule has 3 saturated carbocycles. The first-order chi connectivity index (χ1) is 19.3. The number of imidazole rings is 1. The normalized spacial score (nSPS) is 23.3. The van der Waals surface area contributed by atoms with E-state index in [2.05, 4.69) is 47.7 Å². The largest absolute Gasteiger partial charge is 0.439 e. The third-order valence-electron chi connectivity index (χ3n) is 9.59. The van der Waals surface area contributed by atoms with Gasteiger partial charge in [-0.05, 0) is 77.0 Å². The lowest BCUT2D eigenvalue weighted by Crippen LogP contribution is -2.31. The highest BCUT2D eigenvalue weighted by atomic mass is 32.1. The minimum absolute atomic E-state index is 0.198. The molecule has 4 aromatic heterocycles. The number of rotatable bonds is 8. The molecule has 40 heavy (non-hydrogen) atoms. The van der Waals surface area contributed by atoms with Crippen molar-refractivity contribution < 1.29 is 4.52 Å². The summed E-state index contributed by atoms with van der Waals surface area (Å²) in [5.41, 5.74) is 2.55. The number of aromatic nitrogens is 7. The second-order valence-electron chi connectivity index (χ2n) is 12.5. The average molecular weight is 563 g/mol. The number of nitrogens with one attached hydrogen (secondary N) is 2. The molecule has 0 aliphatic heterocycles. The first-order valence-corrected chi connectivity index (χ1v) is 15.7. The molecule has 212 valence electrons. The van der Waals surface area contributed by atoms with Crippen molar-refractivity contribution in [2.75, 3.05) is 5.32 Å². The van der Waals surface area contributed by atoms with E-state index in [-0.39, 0.29) is 17.3 Å². The Morgan fingerprint density at radius 2 is 1.88 bits per heavy atom. The molecule has 3 aliphatic rings. The number of hydrogen-bond donors (Lipinski definition) is 2. The Morgan fingerprint density at radius 3 is 2.48 bits per heavy atom. The molecule has 0 amide bonds. The van der Waals surface area contributed by atoms with Gasteiger partial charge in [0.05, 0.1) is 16.1 Å². The Labute approximate surface area is 237 Å². The van der Waals surface area contributed by atoms with Gasteiger partial charge in [0.25, 0.3) is 0 Å². The van der Waals surface area contributed by atoms with Gasteiger partial charge in [0.2, 0.25) is 11.6 Å². The molecule has 0 spiro atoms. The monoisotopic (exact) mass is 562 g/mol. The first-order valence-electron chi connectivity index (χ1n) is 14.9. The fourth-order valence-electron chi connectivity index (χ4n) is 6.82. The van der Waals surface area contributed by atoms with Crippen LogP contribution in [0.15, 0.2) is 9.32 Å². The van der Waals surface area contributed by atoms with Gasteiger partial charge in [-0.25, -0.2) is 24.7 Å². The molecule has 0 bridgehead atoms. The summed E-state index contributed by atoms with van der Waals surface area (Å²) in [6.07, 6.45) is 10.8. The quantitative estimate of drug-likeness (QED) is 0.278. The number of anilines is 1. The fraction of sp³-hybridized carbons (Fsp3) is 0.655. The number of H-pyrrole nitrogens is 1. The van der Waals surface area contributed by atoms with Crippen molar-refractivity contribution in [3.63, 3.8) is 0 Å². The van der Waals surface area contributed by atoms with Gasteiger partial charge in [0.15, 0.2) is 11.5 Å². The van der Waals surface area contributed by atoms with Crippen molar-refractivity contribution in [1.82, 2.24) is 34.6 Å². The lowest BCUT2D eigenvalue weighted by molar-refractivity contribution is 0.263. The summed E-state index contributed by atoms with van der Waals surface area (Å²) in [7, 11) is 0. The molecule has 3 aliphatic carbocycles. The maximum Gasteiger partial charge on any atom is 0.439 e. The average Bonchev–Trinajstić information content (AvgIpc) is 3.21. The molecule has 3 fully saturated rings. The van der Waals surface area contributed by atoms with Crippen LogP contribution in [0.3, 0.4) is 0 Å². The predicted molar refractivity (Wildman–Crippen MR) is 155 cm³/mol. The fourth-order valence-corrected chi connectivity index (χ4v) is 7.74. The van der Waals surface area contributed by atoms with Crippen molar-refractivity contribution >= 4 is 28.3 Å². The Hall–Kier alpha value is -3.08. The van der Waals surface area contributed by atoms with E-state index >= 15 is 0 Å². The van der Waals surface area contributed by atoms with E-state index in [9.17, 15) is 4.79 Å². The highest BCUT2D eigenvalue weighted by Crippen LogP contribution is 2.55. The zero-order chi connectivity index (χ0) is 27.6. The van der Waals surface area contributed by atoms with Crippen LogP contribution in [0.4, 0.5) is 5.82 Å². The molecule has 0 radical (unpaired) electrons. The molecule has 0 saturated heterocycles. The Morgan fingerprint density at radius 1 is 1.10 bits per heavy atom. The van der Waals surface area contributed by atoms with Crippen LogP contribution in [0, 0.1) is 31.6 Å². The Bertz CT molecular complexity index is 1600. The molecule has 4 aromatic rings. The zero-order valence-corrected chi connectivity index (χ0v) is 24.6. The summed E-state index contributed by atoms with van der Waals surface area (Å²) in [6, 6.07) is 0.261. The molecular weight excluding hydrogens is 524 g/mol. The standard InChI is InChI=1S/C29H38N8O2S/c1-15-8-10-19(11-9-15)14-37-21-23(30-16(2)20-6-5-7-20)32-25(26-35-28(38)39-36-26)33-24(21)34-27(37)29(12-13-29)22-17(3)40-18(4)31-22/h15-16,19-20H,5-14H2,1-4H3,(H,30,32,33)(H,35,36,38)/t15?,16-,19?/m1/s1. The molecule has 7 rings (SSSR count). The van der Waals surface area contributed by atoms with Crippen LogP contribution < -0.4 is 11.1 Å². The summed E-state index contributed by atoms with van der Waals surface area (Å²) >= 11 is 1.76. The van der Waals surface area contributed by atoms with Crippen LogP contribution in [0.5, 0.6) is 0 Å². The van der Waals surface area contributed by atoms with Crippen LogP contribution >= 0.6 is 11.3 Å². The number of thiazole rings is 1. The lowest BCUT2D eigenvalue weighted by Gasteiger charge is -2.32. The second-order valence-corrected chi connectivity index (χ2v) is 13.9. The van der Waals surface area contributed by atoms with Gasteiger partial charge in [0.1, 0.15) is 11.3 Å². The molecule has 11 heteroatoms. The van der Waals surface area contributed by atoms with Crippen LogP contribution in [0.25, 0.3) is 22.8 Å². The molecule has 10 nitrogen and oxygen atoms in total. The van der Waals surface area contributed by atoms with Crippen LogP contribution in [-0.2, 0) is 12.0 Å². The van der Waals surface area contributed by atoms with Gasteiger partial charge >= 0.3 is 5.76 Å². The zero-order valence-electron chi connectivity index (χ0n) is 23.8. The van der Waals surface area contributed by atoms with E-state index in [1.165, 1.54) is 49.8 Å². The van der Waals surface area contributed by atoms with Gasteiger partial charge in [-0.1, -0.05) is 31.3 Å². The summed E-state index contributed by atoms with van der Waals surface area (Å²) in [5, 5.41) is 8.74. The molecule has 1 atom stereocenters. The summed E-state index contributed by atoms with van der Waals surface area (Å²) < 4.78 is 7.23. The van der Waals surface area contributed by atoms with Crippen molar-refractivity contribution in [3.05, 3.63) is 32.0 Å². The number of aromatic amines is 1. The van der Waals surface area contributed by atoms with Crippen LogP contribution in [0.2, 0.25) is 0 Å². The van der Waals surface area contributed by atoms with E-state index in [0.29, 0.717) is 23.3 Å². The predicted octanol–water partition coefficient (Wildman–Crippen LogP) is 5.75. The molecule has 4 heterocycles. The van der Waals surface area contributed by atoms with Gasteiger partial charge in [0, 0.05) is 17.5 Å². The Kier molecular flexibility index (Phi) is 6.32. The van der Waals surface area contributed by atoms with Crippen molar-refractivity contribution in [2.24, 2.45) is 17.8 Å². The first kappa shape index (κ1) is 25.9.